The van der Waals surface area contributed by atoms with Gasteiger partial charge >= 0.3 is 0 Å². The molecule has 0 spiro atoms. The zero-order valence-corrected chi connectivity index (χ0v) is 11.0. The molecule has 2 aromatic carbocycles. The number of benzene rings is 2. The van der Waals surface area contributed by atoms with E-state index in [1.165, 1.54) is 12.1 Å². The summed E-state index contributed by atoms with van der Waals surface area (Å²) in [5.41, 5.74) is 7.17. The maximum absolute atomic E-state index is 13.0. The normalized spacial score (nSPS) is 10.7. The summed E-state index contributed by atoms with van der Waals surface area (Å²) < 4.78 is 14.6. The van der Waals surface area contributed by atoms with Gasteiger partial charge in [-0.2, -0.15) is 4.98 Å². The van der Waals surface area contributed by atoms with Crippen molar-refractivity contribution in [3.63, 3.8) is 0 Å². The van der Waals surface area contributed by atoms with Gasteiger partial charge in [0.2, 0.25) is 5.95 Å². The van der Waals surface area contributed by atoms with E-state index in [9.17, 15) is 4.39 Å². The fraction of sp³-hybridized carbons (Fsp3) is 0. The highest BCUT2D eigenvalue weighted by atomic mass is 35.5. The molecule has 0 atom stereocenters. The van der Waals surface area contributed by atoms with Crippen LogP contribution in [0.15, 0.2) is 48.5 Å². The maximum Gasteiger partial charge on any atom is 0.240 e. The summed E-state index contributed by atoms with van der Waals surface area (Å²) in [6, 6.07) is 13.1. The van der Waals surface area contributed by atoms with Crippen molar-refractivity contribution in [2.24, 2.45) is 0 Å². The van der Waals surface area contributed by atoms with E-state index in [0.717, 1.165) is 5.56 Å². The van der Waals surface area contributed by atoms with Gasteiger partial charge in [-0.3, -0.25) is 0 Å². The first-order valence-corrected chi connectivity index (χ1v) is 6.26. The Bertz CT molecular complexity index is 672. The van der Waals surface area contributed by atoms with Crippen LogP contribution in [-0.2, 0) is 0 Å². The van der Waals surface area contributed by atoms with Crippen molar-refractivity contribution >= 4 is 17.5 Å². The smallest absolute Gasteiger partial charge is 0.240 e. The molecule has 0 aliphatic heterocycles. The molecule has 3 aromatic rings. The summed E-state index contributed by atoms with van der Waals surface area (Å²) in [6.45, 7) is 0. The number of nitrogen functional groups attached to an aromatic ring is 1. The van der Waals surface area contributed by atoms with E-state index in [1.54, 1.807) is 28.9 Å². The molecular formula is C14H10ClFN4. The highest BCUT2D eigenvalue weighted by Crippen LogP contribution is 2.23. The Morgan fingerprint density at radius 2 is 1.65 bits per heavy atom. The minimum atomic E-state index is -0.310. The van der Waals surface area contributed by atoms with Crippen molar-refractivity contribution < 1.29 is 4.39 Å². The minimum Gasteiger partial charge on any atom is -0.366 e. The SMILES string of the molecule is Nc1nc(-c2ccc(Cl)cc2)n(-c2ccc(F)cc2)n1. The standard InChI is InChI=1S/C14H10ClFN4/c15-10-3-1-9(2-4-10)13-18-14(17)19-20(13)12-7-5-11(16)6-8-12/h1-8H,(H2,17,19). The Labute approximate surface area is 119 Å². The minimum absolute atomic E-state index is 0.152. The largest absolute Gasteiger partial charge is 0.366 e. The number of hydrogen-bond donors (Lipinski definition) is 1. The Kier molecular flexibility index (Phi) is 3.12. The van der Waals surface area contributed by atoms with Crippen molar-refractivity contribution in [1.82, 2.24) is 14.8 Å². The average molecular weight is 289 g/mol. The Hall–Kier alpha value is -2.40. The van der Waals surface area contributed by atoms with Crippen LogP contribution in [0.25, 0.3) is 17.1 Å². The highest BCUT2D eigenvalue weighted by Gasteiger charge is 2.12. The molecule has 100 valence electrons. The second-order valence-corrected chi connectivity index (χ2v) is 4.63. The Morgan fingerprint density at radius 3 is 2.30 bits per heavy atom. The summed E-state index contributed by atoms with van der Waals surface area (Å²) in [5, 5.41) is 4.77. The third-order valence-electron chi connectivity index (χ3n) is 2.80. The quantitative estimate of drug-likeness (QED) is 0.787. The van der Waals surface area contributed by atoms with Gasteiger partial charge in [0.15, 0.2) is 5.82 Å². The second kappa shape index (κ2) is 4.94. The van der Waals surface area contributed by atoms with E-state index in [-0.39, 0.29) is 11.8 Å². The van der Waals surface area contributed by atoms with Crippen molar-refractivity contribution in [2.75, 3.05) is 5.73 Å². The molecule has 0 amide bonds. The van der Waals surface area contributed by atoms with Gasteiger partial charge in [-0.25, -0.2) is 9.07 Å². The number of anilines is 1. The van der Waals surface area contributed by atoms with Crippen molar-refractivity contribution in [1.29, 1.82) is 0 Å². The first kappa shape index (κ1) is 12.6. The van der Waals surface area contributed by atoms with Crippen LogP contribution in [0, 0.1) is 5.82 Å². The van der Waals surface area contributed by atoms with Crippen LogP contribution < -0.4 is 5.73 Å². The van der Waals surface area contributed by atoms with Crippen molar-refractivity contribution in [2.45, 2.75) is 0 Å². The molecule has 2 N–H and O–H groups in total. The zero-order valence-electron chi connectivity index (χ0n) is 10.3. The molecule has 0 fully saturated rings. The fourth-order valence-electron chi connectivity index (χ4n) is 1.88. The van der Waals surface area contributed by atoms with Gasteiger partial charge in [-0.15, -0.1) is 5.10 Å². The van der Waals surface area contributed by atoms with Gasteiger partial charge in [-0.1, -0.05) is 11.6 Å². The fourth-order valence-corrected chi connectivity index (χ4v) is 2.00. The molecule has 0 aliphatic carbocycles. The average Bonchev–Trinajstić information content (AvgIpc) is 2.82. The van der Waals surface area contributed by atoms with E-state index in [0.29, 0.717) is 16.5 Å². The number of hydrogen-bond acceptors (Lipinski definition) is 3. The van der Waals surface area contributed by atoms with E-state index < -0.39 is 0 Å². The molecule has 0 radical (unpaired) electrons. The number of nitrogens with zero attached hydrogens (tertiary/aromatic N) is 3. The lowest BCUT2D eigenvalue weighted by molar-refractivity contribution is 0.627. The van der Waals surface area contributed by atoms with Gasteiger partial charge in [0.1, 0.15) is 5.82 Å². The van der Waals surface area contributed by atoms with Gasteiger partial charge in [0.25, 0.3) is 0 Å². The van der Waals surface area contributed by atoms with Gasteiger partial charge in [-0.05, 0) is 48.5 Å². The Balaban J connectivity index is 2.12. The molecule has 6 heteroatoms. The molecule has 20 heavy (non-hydrogen) atoms. The molecule has 1 aromatic heterocycles. The number of nitrogens with two attached hydrogens (primary N) is 1. The van der Waals surface area contributed by atoms with E-state index in [4.69, 9.17) is 17.3 Å². The molecule has 0 bridgehead atoms. The molecule has 0 unspecified atom stereocenters. The molecule has 3 rings (SSSR count). The van der Waals surface area contributed by atoms with Crippen LogP contribution in [0.3, 0.4) is 0 Å². The third-order valence-corrected chi connectivity index (χ3v) is 3.05. The first-order valence-electron chi connectivity index (χ1n) is 5.88. The summed E-state index contributed by atoms with van der Waals surface area (Å²) in [6.07, 6.45) is 0. The third kappa shape index (κ3) is 2.35. The van der Waals surface area contributed by atoms with Crippen LogP contribution in [0.5, 0.6) is 0 Å². The summed E-state index contributed by atoms with van der Waals surface area (Å²) >= 11 is 5.87. The lowest BCUT2D eigenvalue weighted by atomic mass is 10.2. The van der Waals surface area contributed by atoms with Crippen LogP contribution in [0.4, 0.5) is 10.3 Å². The first-order chi connectivity index (χ1) is 9.63. The molecule has 1 heterocycles. The van der Waals surface area contributed by atoms with Crippen molar-refractivity contribution in [3.05, 3.63) is 59.4 Å². The molecule has 0 aliphatic rings. The predicted molar refractivity (Wildman–Crippen MR) is 76.2 cm³/mol. The number of rotatable bonds is 2. The summed E-state index contributed by atoms with van der Waals surface area (Å²) in [4.78, 5) is 4.20. The van der Waals surface area contributed by atoms with E-state index in [2.05, 4.69) is 10.1 Å². The molecule has 0 saturated heterocycles. The highest BCUT2D eigenvalue weighted by molar-refractivity contribution is 6.30. The van der Waals surface area contributed by atoms with E-state index in [1.807, 2.05) is 12.1 Å². The monoisotopic (exact) mass is 288 g/mol. The molecule has 4 nitrogen and oxygen atoms in total. The number of halogens is 2. The lowest BCUT2D eigenvalue weighted by Gasteiger charge is -2.05. The Morgan fingerprint density at radius 1 is 1.00 bits per heavy atom. The van der Waals surface area contributed by atoms with Crippen molar-refractivity contribution in [3.8, 4) is 17.1 Å². The van der Waals surface area contributed by atoms with Crippen LogP contribution in [0.1, 0.15) is 0 Å². The predicted octanol–water partition coefficient (Wildman–Crippen LogP) is 3.31. The maximum atomic E-state index is 13.0. The summed E-state index contributed by atoms with van der Waals surface area (Å²) in [7, 11) is 0. The van der Waals surface area contributed by atoms with Crippen LogP contribution >= 0.6 is 11.6 Å². The van der Waals surface area contributed by atoms with Crippen LogP contribution in [-0.4, -0.2) is 14.8 Å². The molecule has 0 saturated carbocycles. The number of aromatic nitrogens is 3. The van der Waals surface area contributed by atoms with Crippen LogP contribution in [0.2, 0.25) is 5.02 Å². The zero-order chi connectivity index (χ0) is 14.1. The second-order valence-electron chi connectivity index (χ2n) is 4.19. The van der Waals surface area contributed by atoms with E-state index >= 15 is 0 Å². The summed E-state index contributed by atoms with van der Waals surface area (Å²) in [5.74, 6) is 0.417. The van der Waals surface area contributed by atoms with Gasteiger partial charge in [0, 0.05) is 10.6 Å². The topological polar surface area (TPSA) is 56.7 Å². The van der Waals surface area contributed by atoms with Gasteiger partial charge in [0.05, 0.1) is 5.69 Å². The lowest BCUT2D eigenvalue weighted by Crippen LogP contribution is -2.00. The van der Waals surface area contributed by atoms with Gasteiger partial charge < -0.3 is 5.73 Å². The molecular weight excluding hydrogens is 279 g/mol.